The molecule has 2 aliphatic rings. The Hall–Kier alpha value is -2.17. The van der Waals surface area contributed by atoms with Gasteiger partial charge in [-0.1, -0.05) is 35.5 Å². The number of hydrogen-bond donors (Lipinski definition) is 1. The Kier molecular flexibility index (Phi) is 3.26. The monoisotopic (exact) mass is 272 g/mol. The first-order valence-corrected chi connectivity index (χ1v) is 6.79. The molecule has 2 fully saturated rings. The molecule has 20 heavy (non-hydrogen) atoms. The highest BCUT2D eigenvalue weighted by Gasteiger charge is 2.49. The van der Waals surface area contributed by atoms with Gasteiger partial charge in [-0.15, -0.1) is 0 Å². The molecule has 104 valence electrons. The first kappa shape index (κ1) is 12.8. The molecule has 1 N–H and O–H groups in total. The summed E-state index contributed by atoms with van der Waals surface area (Å²) in [5.41, 5.74) is 1.57. The molecule has 5 nitrogen and oxygen atoms in total. The summed E-state index contributed by atoms with van der Waals surface area (Å²) in [4.78, 5) is 26.1. The van der Waals surface area contributed by atoms with E-state index in [0.717, 1.165) is 5.56 Å². The number of oxime groups is 1. The van der Waals surface area contributed by atoms with Crippen molar-refractivity contribution in [1.82, 2.24) is 4.90 Å². The fraction of sp³-hybridized carbons (Fsp3) is 0.400. The smallest absolute Gasteiger partial charge is 0.233 e. The maximum absolute atomic E-state index is 12.4. The normalized spacial score (nSPS) is 28.0. The van der Waals surface area contributed by atoms with Gasteiger partial charge in [-0.05, 0) is 18.4 Å². The molecule has 1 aromatic carbocycles. The number of fused-ring (bicyclic) bond motifs is 1. The Labute approximate surface area is 116 Å². The number of benzene rings is 1. The van der Waals surface area contributed by atoms with E-state index in [-0.39, 0.29) is 23.7 Å². The molecule has 1 aliphatic heterocycles. The van der Waals surface area contributed by atoms with E-state index in [1.54, 1.807) is 0 Å². The minimum atomic E-state index is -0.342. The number of hydrogen-bond acceptors (Lipinski definition) is 4. The van der Waals surface area contributed by atoms with E-state index >= 15 is 0 Å². The van der Waals surface area contributed by atoms with Gasteiger partial charge in [0, 0.05) is 6.42 Å². The molecule has 0 aromatic heterocycles. The molecule has 1 saturated carbocycles. The molecule has 1 aromatic rings. The van der Waals surface area contributed by atoms with Gasteiger partial charge in [0.05, 0.1) is 24.1 Å². The van der Waals surface area contributed by atoms with Crippen molar-refractivity contribution < 1.29 is 14.8 Å². The van der Waals surface area contributed by atoms with Crippen molar-refractivity contribution in [2.24, 2.45) is 17.0 Å². The highest BCUT2D eigenvalue weighted by atomic mass is 16.4. The van der Waals surface area contributed by atoms with Crippen LogP contribution in [-0.2, 0) is 16.1 Å². The predicted molar refractivity (Wildman–Crippen MR) is 72.1 cm³/mol. The van der Waals surface area contributed by atoms with Crippen molar-refractivity contribution >= 4 is 17.5 Å². The van der Waals surface area contributed by atoms with E-state index < -0.39 is 0 Å². The zero-order valence-corrected chi connectivity index (χ0v) is 11.0. The van der Waals surface area contributed by atoms with E-state index in [9.17, 15) is 9.59 Å². The third-order valence-electron chi connectivity index (χ3n) is 4.18. The second-order valence-corrected chi connectivity index (χ2v) is 5.37. The highest BCUT2D eigenvalue weighted by molar-refractivity contribution is 6.07. The molecule has 0 unspecified atom stereocenters. The number of carbonyl (C=O) groups excluding carboxylic acids is 2. The van der Waals surface area contributed by atoms with Crippen LogP contribution in [0.1, 0.15) is 24.8 Å². The second kappa shape index (κ2) is 5.07. The summed E-state index contributed by atoms with van der Waals surface area (Å²) in [6, 6.07) is 9.50. The summed E-state index contributed by atoms with van der Waals surface area (Å²) in [6.07, 6.45) is 1.59. The number of nitrogens with zero attached hydrogens (tertiary/aromatic N) is 2. The fourth-order valence-corrected chi connectivity index (χ4v) is 3.10. The third-order valence-corrected chi connectivity index (χ3v) is 4.18. The minimum Gasteiger partial charge on any atom is -0.411 e. The number of carbonyl (C=O) groups is 2. The quantitative estimate of drug-likeness (QED) is 0.507. The summed E-state index contributed by atoms with van der Waals surface area (Å²) in [5, 5.41) is 12.1. The van der Waals surface area contributed by atoms with Crippen LogP contribution < -0.4 is 0 Å². The van der Waals surface area contributed by atoms with Crippen LogP contribution in [0.4, 0.5) is 0 Å². The summed E-state index contributed by atoms with van der Waals surface area (Å²) < 4.78 is 0. The van der Waals surface area contributed by atoms with Gasteiger partial charge in [0.2, 0.25) is 11.8 Å². The molecule has 1 heterocycles. The highest BCUT2D eigenvalue weighted by Crippen LogP contribution is 2.37. The molecule has 0 spiro atoms. The zero-order chi connectivity index (χ0) is 14.1. The van der Waals surface area contributed by atoms with Gasteiger partial charge < -0.3 is 5.21 Å². The first-order valence-electron chi connectivity index (χ1n) is 6.79. The van der Waals surface area contributed by atoms with Gasteiger partial charge in [0.15, 0.2) is 0 Å². The van der Waals surface area contributed by atoms with Gasteiger partial charge in [0.25, 0.3) is 0 Å². The van der Waals surface area contributed by atoms with Gasteiger partial charge in [-0.2, -0.15) is 0 Å². The first-order chi connectivity index (χ1) is 9.70. The van der Waals surface area contributed by atoms with Crippen LogP contribution >= 0.6 is 0 Å². The number of likely N-dealkylation sites (tertiary alicyclic amines) is 1. The lowest BCUT2D eigenvalue weighted by Gasteiger charge is -2.20. The average Bonchev–Trinajstić information content (AvgIpc) is 2.73. The Morgan fingerprint density at radius 3 is 2.55 bits per heavy atom. The van der Waals surface area contributed by atoms with E-state index in [1.807, 2.05) is 30.3 Å². The Balaban J connectivity index is 1.80. The van der Waals surface area contributed by atoms with Crippen molar-refractivity contribution in [1.29, 1.82) is 0 Å². The van der Waals surface area contributed by atoms with Gasteiger partial charge in [-0.25, -0.2) is 0 Å². The molecule has 5 heteroatoms. The summed E-state index contributed by atoms with van der Waals surface area (Å²) in [6.45, 7) is 0.330. The fourth-order valence-electron chi connectivity index (χ4n) is 3.10. The lowest BCUT2D eigenvalue weighted by molar-refractivity contribution is -0.140. The van der Waals surface area contributed by atoms with Crippen molar-refractivity contribution in [3.05, 3.63) is 35.9 Å². The van der Waals surface area contributed by atoms with E-state index in [1.165, 1.54) is 4.90 Å². The Bertz CT molecular complexity index is 568. The molecule has 0 radical (unpaired) electrons. The molecular weight excluding hydrogens is 256 g/mol. The van der Waals surface area contributed by atoms with Crippen LogP contribution in [0, 0.1) is 11.8 Å². The molecule has 3 rings (SSSR count). The molecule has 0 bridgehead atoms. The van der Waals surface area contributed by atoms with E-state index in [4.69, 9.17) is 5.21 Å². The van der Waals surface area contributed by atoms with E-state index in [0.29, 0.717) is 31.5 Å². The number of imide groups is 1. The zero-order valence-electron chi connectivity index (χ0n) is 11.0. The molecule has 2 amide bonds. The maximum Gasteiger partial charge on any atom is 0.233 e. The molecular formula is C15H16N2O3. The summed E-state index contributed by atoms with van der Waals surface area (Å²) in [5.74, 6) is -0.798. The van der Waals surface area contributed by atoms with Crippen LogP contribution in [0.15, 0.2) is 35.5 Å². The van der Waals surface area contributed by atoms with E-state index in [2.05, 4.69) is 5.16 Å². The predicted octanol–water partition coefficient (Wildman–Crippen LogP) is 1.80. The lowest BCUT2D eigenvalue weighted by Crippen LogP contribution is -2.30. The second-order valence-electron chi connectivity index (χ2n) is 5.37. The van der Waals surface area contributed by atoms with Crippen molar-refractivity contribution in [2.45, 2.75) is 25.8 Å². The number of amides is 2. The molecule has 2 atom stereocenters. The van der Waals surface area contributed by atoms with Crippen LogP contribution in [0.25, 0.3) is 0 Å². The SMILES string of the molecule is O=C1[C@H]2C/C(=N\O)CC[C@H]2C(=O)N1Cc1ccccc1. The van der Waals surface area contributed by atoms with Gasteiger partial charge in [0.1, 0.15) is 0 Å². The number of rotatable bonds is 2. The maximum atomic E-state index is 12.4. The minimum absolute atomic E-state index is 0.0826. The molecule has 1 aliphatic carbocycles. The third kappa shape index (κ3) is 2.09. The summed E-state index contributed by atoms with van der Waals surface area (Å²) >= 11 is 0. The Morgan fingerprint density at radius 1 is 1.15 bits per heavy atom. The van der Waals surface area contributed by atoms with Crippen molar-refractivity contribution in [2.75, 3.05) is 0 Å². The standard InChI is InChI=1S/C15H16N2O3/c18-14-12-7-6-11(16-20)8-13(12)15(19)17(14)9-10-4-2-1-3-5-10/h1-5,12-13,20H,6-9H2/b16-11-/t12-,13+/m1/s1. The van der Waals surface area contributed by atoms with Crippen LogP contribution in [0.3, 0.4) is 0 Å². The summed E-state index contributed by atoms with van der Waals surface area (Å²) in [7, 11) is 0. The topological polar surface area (TPSA) is 70.0 Å². The average molecular weight is 272 g/mol. The van der Waals surface area contributed by atoms with Crippen LogP contribution in [-0.4, -0.2) is 27.6 Å². The van der Waals surface area contributed by atoms with Crippen molar-refractivity contribution in [3.8, 4) is 0 Å². The Morgan fingerprint density at radius 2 is 1.85 bits per heavy atom. The van der Waals surface area contributed by atoms with Crippen molar-refractivity contribution in [3.63, 3.8) is 0 Å². The van der Waals surface area contributed by atoms with Gasteiger partial charge >= 0.3 is 0 Å². The van der Waals surface area contributed by atoms with Crippen LogP contribution in [0.2, 0.25) is 0 Å². The lowest BCUT2D eigenvalue weighted by atomic mass is 9.80. The van der Waals surface area contributed by atoms with Gasteiger partial charge in [-0.3, -0.25) is 14.5 Å². The molecule has 1 saturated heterocycles. The largest absolute Gasteiger partial charge is 0.411 e. The van der Waals surface area contributed by atoms with Crippen LogP contribution in [0.5, 0.6) is 0 Å².